The van der Waals surface area contributed by atoms with Gasteiger partial charge in [0.25, 0.3) is 0 Å². The number of nitrogens with one attached hydrogen (secondary N) is 1. The van der Waals surface area contributed by atoms with Crippen LogP contribution in [0.2, 0.25) is 0 Å². The van der Waals surface area contributed by atoms with Crippen LogP contribution in [0.15, 0.2) is 89.8 Å². The van der Waals surface area contributed by atoms with Gasteiger partial charge in [-0.15, -0.1) is 0 Å². The summed E-state index contributed by atoms with van der Waals surface area (Å²) in [6.07, 6.45) is -0.717. The van der Waals surface area contributed by atoms with Crippen LogP contribution in [0.5, 0.6) is 5.75 Å². The molecule has 5 nitrogen and oxygen atoms in total. The highest BCUT2D eigenvalue weighted by atomic mass is 32.2. The van der Waals surface area contributed by atoms with Gasteiger partial charge in [-0.05, 0) is 42.3 Å². The van der Waals surface area contributed by atoms with Crippen molar-refractivity contribution >= 4 is 10.1 Å². The molecular formula is C22H23NO4S. The number of rotatable bonds is 8. The molecule has 6 heteroatoms. The second-order valence-electron chi connectivity index (χ2n) is 6.48. The van der Waals surface area contributed by atoms with E-state index in [4.69, 9.17) is 4.18 Å². The van der Waals surface area contributed by atoms with Crippen molar-refractivity contribution in [3.8, 4) is 5.75 Å². The van der Waals surface area contributed by atoms with Gasteiger partial charge in [-0.25, -0.2) is 0 Å². The topological polar surface area (TPSA) is 75.6 Å². The third-order valence-corrected chi connectivity index (χ3v) is 5.68. The van der Waals surface area contributed by atoms with Crippen LogP contribution < -0.4 is 9.50 Å². The fraction of sp³-hybridized carbons (Fsp3) is 0.182. The summed E-state index contributed by atoms with van der Waals surface area (Å²) in [6.45, 7) is 2.41. The van der Waals surface area contributed by atoms with E-state index in [2.05, 4.69) is 5.32 Å². The first-order valence-electron chi connectivity index (χ1n) is 9.01. The van der Waals surface area contributed by atoms with E-state index >= 15 is 0 Å². The lowest BCUT2D eigenvalue weighted by atomic mass is 10.1. The van der Waals surface area contributed by atoms with E-state index in [1.807, 2.05) is 37.3 Å². The van der Waals surface area contributed by atoms with Crippen LogP contribution in [0.1, 0.15) is 30.2 Å². The van der Waals surface area contributed by atoms with E-state index in [1.54, 1.807) is 42.5 Å². The molecular weight excluding hydrogens is 374 g/mol. The lowest BCUT2D eigenvalue weighted by Gasteiger charge is -2.18. The Morgan fingerprint density at radius 3 is 2.04 bits per heavy atom. The predicted octanol–water partition coefficient (Wildman–Crippen LogP) is 3.84. The third kappa shape index (κ3) is 5.19. The maximum absolute atomic E-state index is 12.3. The van der Waals surface area contributed by atoms with E-state index in [-0.39, 0.29) is 16.7 Å². The Hall–Kier alpha value is -2.67. The zero-order chi connectivity index (χ0) is 20.0. The van der Waals surface area contributed by atoms with E-state index in [0.717, 1.165) is 5.56 Å². The SMILES string of the molecule is CC(NC[C@H](O)c1ccc(OS(=O)(=O)c2ccccc2)cc1)c1ccccc1. The monoisotopic (exact) mass is 397 g/mol. The molecule has 0 radical (unpaired) electrons. The molecule has 0 heterocycles. The summed E-state index contributed by atoms with van der Waals surface area (Å²) in [5.74, 6) is 0.199. The maximum atomic E-state index is 12.3. The van der Waals surface area contributed by atoms with Crippen LogP contribution >= 0.6 is 0 Å². The Bertz CT molecular complexity index is 974. The zero-order valence-electron chi connectivity index (χ0n) is 15.5. The van der Waals surface area contributed by atoms with Crippen molar-refractivity contribution in [1.82, 2.24) is 5.32 Å². The fourth-order valence-corrected chi connectivity index (χ4v) is 3.72. The van der Waals surface area contributed by atoms with E-state index in [1.165, 1.54) is 12.1 Å². The molecule has 28 heavy (non-hydrogen) atoms. The minimum absolute atomic E-state index is 0.0956. The van der Waals surface area contributed by atoms with Gasteiger partial charge < -0.3 is 14.6 Å². The van der Waals surface area contributed by atoms with Crippen molar-refractivity contribution in [2.24, 2.45) is 0 Å². The molecule has 2 atom stereocenters. The quantitative estimate of drug-likeness (QED) is 0.565. The first kappa shape index (κ1) is 20.1. The van der Waals surface area contributed by atoms with Gasteiger partial charge in [-0.2, -0.15) is 8.42 Å². The minimum Gasteiger partial charge on any atom is -0.387 e. The highest BCUT2D eigenvalue weighted by Gasteiger charge is 2.16. The largest absolute Gasteiger partial charge is 0.387 e. The van der Waals surface area contributed by atoms with Crippen LogP contribution in [-0.2, 0) is 10.1 Å². The van der Waals surface area contributed by atoms with E-state index < -0.39 is 16.2 Å². The van der Waals surface area contributed by atoms with E-state index in [9.17, 15) is 13.5 Å². The number of hydrogen-bond acceptors (Lipinski definition) is 5. The normalized spacial score (nSPS) is 13.6. The van der Waals surface area contributed by atoms with Gasteiger partial charge in [-0.1, -0.05) is 60.7 Å². The smallest absolute Gasteiger partial charge is 0.339 e. The summed E-state index contributed by atoms with van der Waals surface area (Å²) in [4.78, 5) is 0.0956. The molecule has 0 aliphatic heterocycles. The second kappa shape index (κ2) is 9.01. The summed E-state index contributed by atoms with van der Waals surface area (Å²) in [6, 6.07) is 24.5. The van der Waals surface area contributed by atoms with Gasteiger partial charge in [-0.3, -0.25) is 0 Å². The fourth-order valence-electron chi connectivity index (χ4n) is 2.77. The van der Waals surface area contributed by atoms with Crippen LogP contribution in [0.25, 0.3) is 0 Å². The summed E-state index contributed by atoms with van der Waals surface area (Å²) in [5, 5.41) is 13.7. The number of aliphatic hydroxyl groups is 1. The Balaban J connectivity index is 1.59. The lowest BCUT2D eigenvalue weighted by Crippen LogP contribution is -2.24. The average Bonchev–Trinajstić information content (AvgIpc) is 2.73. The Morgan fingerprint density at radius 2 is 1.43 bits per heavy atom. The number of aliphatic hydroxyl groups excluding tert-OH is 1. The molecule has 0 aliphatic rings. The molecule has 146 valence electrons. The molecule has 0 bridgehead atoms. The first-order chi connectivity index (χ1) is 13.5. The standard InChI is InChI=1S/C22H23NO4S/c1-17(18-8-4-2-5-9-18)23-16-22(24)19-12-14-20(15-13-19)27-28(25,26)21-10-6-3-7-11-21/h2-15,17,22-24H,16H2,1H3/t17?,22-/m0/s1. The summed E-state index contributed by atoms with van der Waals surface area (Å²) >= 11 is 0. The summed E-state index contributed by atoms with van der Waals surface area (Å²) in [5.41, 5.74) is 1.82. The Labute approximate surface area is 165 Å². The number of hydrogen-bond donors (Lipinski definition) is 2. The van der Waals surface area contributed by atoms with Crippen molar-refractivity contribution in [2.45, 2.75) is 24.0 Å². The van der Waals surface area contributed by atoms with Gasteiger partial charge in [0.15, 0.2) is 0 Å². The van der Waals surface area contributed by atoms with Gasteiger partial charge >= 0.3 is 10.1 Å². The van der Waals surface area contributed by atoms with Gasteiger partial charge in [0.2, 0.25) is 0 Å². The van der Waals surface area contributed by atoms with Gasteiger partial charge in [0.05, 0.1) is 6.10 Å². The van der Waals surface area contributed by atoms with Crippen molar-refractivity contribution in [1.29, 1.82) is 0 Å². The molecule has 0 fully saturated rings. The summed E-state index contributed by atoms with van der Waals surface area (Å²) in [7, 11) is -3.87. The van der Waals surface area contributed by atoms with Crippen molar-refractivity contribution in [3.05, 3.63) is 96.1 Å². The molecule has 3 aromatic rings. The van der Waals surface area contributed by atoms with Gasteiger partial charge in [0, 0.05) is 12.6 Å². The second-order valence-corrected chi connectivity index (χ2v) is 8.02. The van der Waals surface area contributed by atoms with Crippen LogP contribution in [0.4, 0.5) is 0 Å². The lowest BCUT2D eigenvalue weighted by molar-refractivity contribution is 0.171. The molecule has 0 saturated heterocycles. The van der Waals surface area contributed by atoms with Crippen molar-refractivity contribution < 1.29 is 17.7 Å². The Morgan fingerprint density at radius 1 is 0.857 bits per heavy atom. The van der Waals surface area contributed by atoms with Crippen LogP contribution in [0, 0.1) is 0 Å². The molecule has 3 rings (SSSR count). The maximum Gasteiger partial charge on any atom is 0.339 e. The van der Waals surface area contributed by atoms with Crippen LogP contribution in [0.3, 0.4) is 0 Å². The first-order valence-corrected chi connectivity index (χ1v) is 10.4. The Kier molecular flexibility index (Phi) is 6.46. The van der Waals surface area contributed by atoms with Gasteiger partial charge in [0.1, 0.15) is 10.6 Å². The molecule has 2 N–H and O–H groups in total. The van der Waals surface area contributed by atoms with Crippen LogP contribution in [-0.4, -0.2) is 20.1 Å². The average molecular weight is 397 g/mol. The molecule has 0 aromatic heterocycles. The molecule has 1 unspecified atom stereocenters. The van der Waals surface area contributed by atoms with Crippen molar-refractivity contribution in [3.63, 3.8) is 0 Å². The molecule has 0 saturated carbocycles. The molecule has 0 amide bonds. The highest BCUT2D eigenvalue weighted by molar-refractivity contribution is 7.87. The molecule has 0 aliphatic carbocycles. The van der Waals surface area contributed by atoms with Crippen molar-refractivity contribution in [2.75, 3.05) is 6.54 Å². The van der Waals surface area contributed by atoms with E-state index in [0.29, 0.717) is 12.1 Å². The zero-order valence-corrected chi connectivity index (χ0v) is 16.3. The summed E-state index contributed by atoms with van der Waals surface area (Å²) < 4.78 is 29.7. The number of benzene rings is 3. The highest BCUT2D eigenvalue weighted by Crippen LogP contribution is 2.22. The minimum atomic E-state index is -3.87. The third-order valence-electron chi connectivity index (χ3n) is 4.42. The molecule has 3 aromatic carbocycles. The predicted molar refractivity (Wildman–Crippen MR) is 109 cm³/mol. The molecule has 0 spiro atoms.